The summed E-state index contributed by atoms with van der Waals surface area (Å²) in [6.45, 7) is 6.65. The first kappa shape index (κ1) is 19.9. The topological polar surface area (TPSA) is 77.2 Å². The minimum atomic E-state index is -0.131. The maximum Gasteiger partial charge on any atom is 0.277 e. The van der Waals surface area contributed by atoms with E-state index in [0.29, 0.717) is 11.1 Å². The van der Waals surface area contributed by atoms with Crippen LogP contribution in [0, 0.1) is 0 Å². The van der Waals surface area contributed by atoms with Gasteiger partial charge in [0.05, 0.1) is 5.75 Å². The van der Waals surface area contributed by atoms with Gasteiger partial charge in [-0.25, -0.2) is 0 Å². The van der Waals surface area contributed by atoms with Crippen molar-refractivity contribution in [3.05, 3.63) is 66.1 Å². The molecular weight excluding hydrogens is 374 g/mol. The molecule has 0 atom stereocenters. The molecule has 7 heteroatoms. The van der Waals surface area contributed by atoms with Gasteiger partial charge in [-0.3, -0.25) is 4.79 Å². The monoisotopic (exact) mass is 397 g/mol. The number of anilines is 1. The van der Waals surface area contributed by atoms with Crippen molar-refractivity contribution in [2.75, 3.05) is 11.1 Å². The molecule has 0 saturated heterocycles. The predicted molar refractivity (Wildman–Crippen MR) is 110 cm³/mol. The average molecular weight is 398 g/mol. The van der Waals surface area contributed by atoms with Gasteiger partial charge in [0.1, 0.15) is 5.75 Å². The number of hydrogen-bond acceptors (Lipinski definition) is 6. The van der Waals surface area contributed by atoms with E-state index in [-0.39, 0.29) is 23.7 Å². The summed E-state index contributed by atoms with van der Waals surface area (Å²) in [5, 5.41) is 11.1. The minimum absolute atomic E-state index is 0.0816. The van der Waals surface area contributed by atoms with E-state index < -0.39 is 0 Å². The number of carbonyl (C=O) groups is 1. The number of nitrogens with zero attached hydrogens (tertiary/aromatic N) is 2. The van der Waals surface area contributed by atoms with E-state index in [1.807, 2.05) is 54.6 Å². The molecule has 2 aromatic carbocycles. The Morgan fingerprint density at radius 2 is 1.79 bits per heavy atom. The molecule has 0 radical (unpaired) electrons. The van der Waals surface area contributed by atoms with E-state index in [9.17, 15) is 4.79 Å². The Hall–Kier alpha value is -2.80. The van der Waals surface area contributed by atoms with Crippen LogP contribution in [-0.2, 0) is 16.8 Å². The Kier molecular flexibility index (Phi) is 6.36. The largest absolute Gasteiger partial charge is 0.484 e. The number of amides is 1. The maximum atomic E-state index is 12.1. The van der Waals surface area contributed by atoms with Crippen molar-refractivity contribution in [1.82, 2.24) is 10.2 Å². The molecule has 146 valence electrons. The summed E-state index contributed by atoms with van der Waals surface area (Å²) in [5.41, 5.74) is 2.07. The molecule has 0 spiro atoms. The third-order valence-corrected chi connectivity index (χ3v) is 4.73. The van der Waals surface area contributed by atoms with Crippen LogP contribution in [0.5, 0.6) is 5.75 Å². The standard InChI is InChI=1S/C21H23N3O3S/c1-21(2,3)15-9-11-16(12-10-15)22-18(25)14-28-20-24-23-19(27-20)13-26-17-7-5-4-6-8-17/h4-12H,13-14H2,1-3H3,(H,22,25). The Morgan fingerprint density at radius 1 is 1.07 bits per heavy atom. The summed E-state index contributed by atoms with van der Waals surface area (Å²) in [6, 6.07) is 17.3. The van der Waals surface area contributed by atoms with Crippen LogP contribution < -0.4 is 10.1 Å². The highest BCUT2D eigenvalue weighted by molar-refractivity contribution is 7.99. The number of nitrogens with one attached hydrogen (secondary N) is 1. The van der Waals surface area contributed by atoms with Crippen LogP contribution in [0.3, 0.4) is 0 Å². The first-order valence-corrected chi connectivity index (χ1v) is 9.92. The molecule has 0 bridgehead atoms. The molecule has 0 fully saturated rings. The highest BCUT2D eigenvalue weighted by atomic mass is 32.2. The van der Waals surface area contributed by atoms with Crippen molar-refractivity contribution in [2.45, 2.75) is 38.0 Å². The molecular formula is C21H23N3O3S. The van der Waals surface area contributed by atoms with Gasteiger partial charge >= 0.3 is 0 Å². The van der Waals surface area contributed by atoms with Gasteiger partial charge in [0.15, 0.2) is 6.61 Å². The van der Waals surface area contributed by atoms with E-state index >= 15 is 0 Å². The molecule has 1 N–H and O–H groups in total. The molecule has 0 aliphatic rings. The zero-order valence-corrected chi connectivity index (χ0v) is 17.0. The fraction of sp³-hybridized carbons (Fsp3) is 0.286. The molecule has 1 aromatic heterocycles. The molecule has 6 nitrogen and oxygen atoms in total. The summed E-state index contributed by atoms with van der Waals surface area (Å²) in [5.74, 6) is 1.15. The highest BCUT2D eigenvalue weighted by Crippen LogP contribution is 2.24. The summed E-state index contributed by atoms with van der Waals surface area (Å²) >= 11 is 1.19. The van der Waals surface area contributed by atoms with Crippen LogP contribution in [-0.4, -0.2) is 21.9 Å². The van der Waals surface area contributed by atoms with Gasteiger partial charge in [0, 0.05) is 5.69 Å². The second-order valence-corrected chi connectivity index (χ2v) is 8.15. The highest BCUT2D eigenvalue weighted by Gasteiger charge is 2.14. The number of hydrogen-bond donors (Lipinski definition) is 1. The Bertz CT molecular complexity index is 903. The number of rotatable bonds is 7. The van der Waals surface area contributed by atoms with Gasteiger partial charge in [-0.15, -0.1) is 10.2 Å². The first-order valence-electron chi connectivity index (χ1n) is 8.93. The van der Waals surface area contributed by atoms with Crippen molar-refractivity contribution in [3.63, 3.8) is 0 Å². The number of para-hydroxylation sites is 1. The fourth-order valence-corrected chi connectivity index (χ4v) is 2.97. The van der Waals surface area contributed by atoms with Gasteiger partial charge < -0.3 is 14.5 Å². The lowest BCUT2D eigenvalue weighted by Gasteiger charge is -2.19. The SMILES string of the molecule is CC(C)(C)c1ccc(NC(=O)CSc2nnc(COc3ccccc3)o2)cc1. The van der Waals surface area contributed by atoms with E-state index in [4.69, 9.17) is 9.15 Å². The smallest absolute Gasteiger partial charge is 0.277 e. The average Bonchev–Trinajstić information content (AvgIpc) is 3.13. The van der Waals surface area contributed by atoms with Gasteiger partial charge in [-0.05, 0) is 35.2 Å². The molecule has 0 aliphatic heterocycles. The number of thioether (sulfide) groups is 1. The third-order valence-electron chi connectivity index (χ3n) is 3.92. The van der Waals surface area contributed by atoms with E-state index in [1.165, 1.54) is 17.3 Å². The zero-order valence-electron chi connectivity index (χ0n) is 16.1. The van der Waals surface area contributed by atoms with Gasteiger partial charge in [-0.1, -0.05) is 62.9 Å². The van der Waals surface area contributed by atoms with Gasteiger partial charge in [0.25, 0.3) is 11.1 Å². The van der Waals surface area contributed by atoms with Crippen molar-refractivity contribution in [1.29, 1.82) is 0 Å². The Labute approximate surface area is 168 Å². The lowest BCUT2D eigenvalue weighted by Crippen LogP contribution is -2.15. The molecule has 3 aromatic rings. The fourth-order valence-electron chi connectivity index (χ4n) is 2.39. The molecule has 1 amide bonds. The quantitative estimate of drug-likeness (QED) is 0.584. The molecule has 0 unspecified atom stereocenters. The van der Waals surface area contributed by atoms with E-state index in [2.05, 4.69) is 36.3 Å². The summed E-state index contributed by atoms with van der Waals surface area (Å²) in [6.07, 6.45) is 0. The lowest BCUT2D eigenvalue weighted by molar-refractivity contribution is -0.113. The third kappa shape index (κ3) is 5.85. The Morgan fingerprint density at radius 3 is 2.46 bits per heavy atom. The number of carbonyl (C=O) groups excluding carboxylic acids is 1. The van der Waals surface area contributed by atoms with Crippen molar-refractivity contribution in [2.24, 2.45) is 0 Å². The van der Waals surface area contributed by atoms with Crippen LogP contribution in [0.25, 0.3) is 0 Å². The number of ether oxygens (including phenoxy) is 1. The summed E-state index contributed by atoms with van der Waals surface area (Å²) in [7, 11) is 0. The van der Waals surface area contributed by atoms with Crippen LogP contribution in [0.2, 0.25) is 0 Å². The molecule has 1 heterocycles. The van der Waals surface area contributed by atoms with Gasteiger partial charge in [0.2, 0.25) is 5.91 Å². The van der Waals surface area contributed by atoms with Crippen LogP contribution in [0.4, 0.5) is 5.69 Å². The van der Waals surface area contributed by atoms with Crippen LogP contribution >= 0.6 is 11.8 Å². The second kappa shape index (κ2) is 8.93. The second-order valence-electron chi connectivity index (χ2n) is 7.23. The zero-order chi connectivity index (χ0) is 20.0. The normalized spacial score (nSPS) is 11.2. The van der Waals surface area contributed by atoms with Gasteiger partial charge in [-0.2, -0.15) is 0 Å². The Balaban J connectivity index is 1.45. The van der Waals surface area contributed by atoms with E-state index in [0.717, 1.165) is 11.4 Å². The van der Waals surface area contributed by atoms with Crippen LogP contribution in [0.15, 0.2) is 64.2 Å². The van der Waals surface area contributed by atoms with Crippen molar-refractivity contribution < 1.29 is 13.9 Å². The predicted octanol–water partition coefficient (Wildman–Crippen LogP) is 4.68. The lowest BCUT2D eigenvalue weighted by atomic mass is 9.87. The molecule has 0 saturated carbocycles. The minimum Gasteiger partial charge on any atom is -0.484 e. The molecule has 28 heavy (non-hydrogen) atoms. The van der Waals surface area contributed by atoms with Crippen LogP contribution in [0.1, 0.15) is 32.2 Å². The summed E-state index contributed by atoms with van der Waals surface area (Å²) < 4.78 is 11.1. The summed E-state index contributed by atoms with van der Waals surface area (Å²) in [4.78, 5) is 12.1. The molecule has 3 rings (SSSR count). The molecule has 0 aliphatic carbocycles. The first-order chi connectivity index (χ1) is 13.4. The van der Waals surface area contributed by atoms with Crippen molar-refractivity contribution in [3.8, 4) is 5.75 Å². The maximum absolute atomic E-state index is 12.1. The number of benzene rings is 2. The van der Waals surface area contributed by atoms with E-state index in [1.54, 1.807) is 0 Å². The number of aromatic nitrogens is 2. The van der Waals surface area contributed by atoms with Crippen molar-refractivity contribution >= 4 is 23.4 Å².